The fraction of sp³-hybridized carbons (Fsp3) is 0.412. The molecule has 2 heterocycles. The normalized spacial score (nSPS) is 22.3. The molecular weight excluding hydrogens is 234 g/mol. The number of nitrogens with zero attached hydrogens (tertiary/aromatic N) is 1. The lowest BCUT2D eigenvalue weighted by Crippen LogP contribution is -2.35. The highest BCUT2D eigenvalue weighted by Crippen LogP contribution is 2.35. The van der Waals surface area contributed by atoms with Crippen LogP contribution in [0.5, 0.6) is 5.75 Å². The number of rotatable bonds is 1. The van der Waals surface area contributed by atoms with Crippen LogP contribution in [0.25, 0.3) is 10.8 Å². The van der Waals surface area contributed by atoms with Crippen LogP contribution in [0, 0.1) is 0 Å². The molecule has 1 unspecified atom stereocenters. The molecule has 0 saturated carbocycles. The molecule has 0 bridgehead atoms. The fourth-order valence-electron chi connectivity index (χ4n) is 3.71. The predicted molar refractivity (Wildman–Crippen MR) is 77.6 cm³/mol. The number of ether oxygens (including phenoxy) is 1. The summed E-state index contributed by atoms with van der Waals surface area (Å²) >= 11 is 0. The van der Waals surface area contributed by atoms with Crippen LogP contribution >= 0.6 is 0 Å². The fourth-order valence-corrected chi connectivity index (χ4v) is 3.71. The molecular formula is C17H19NO. The number of fused-ring (bicyclic) bond motifs is 4. The van der Waals surface area contributed by atoms with Gasteiger partial charge in [0.25, 0.3) is 0 Å². The maximum absolute atomic E-state index is 5.33. The van der Waals surface area contributed by atoms with Crippen LogP contribution in [0.1, 0.15) is 24.0 Å². The summed E-state index contributed by atoms with van der Waals surface area (Å²) in [4.78, 5) is 2.66. The van der Waals surface area contributed by atoms with Crippen molar-refractivity contribution in [2.45, 2.75) is 31.8 Å². The Kier molecular flexibility index (Phi) is 2.52. The molecule has 2 aliphatic heterocycles. The molecule has 98 valence electrons. The van der Waals surface area contributed by atoms with E-state index in [1.165, 1.54) is 36.6 Å². The number of benzene rings is 2. The van der Waals surface area contributed by atoms with E-state index < -0.39 is 0 Å². The van der Waals surface area contributed by atoms with Gasteiger partial charge in [-0.2, -0.15) is 0 Å². The number of hydrogen-bond acceptors (Lipinski definition) is 2. The standard InChI is InChI=1S/C17H19NO/c1-19-15-6-7-16-13(10-15)5-4-12-9-14-3-2-8-18(14)11-17(12)16/h4-7,10,14H,2-3,8-9,11H2,1H3. The Morgan fingerprint density at radius 2 is 2.16 bits per heavy atom. The Labute approximate surface area is 114 Å². The maximum Gasteiger partial charge on any atom is 0.119 e. The first-order valence-electron chi connectivity index (χ1n) is 7.18. The Balaban J connectivity index is 1.85. The third-order valence-corrected chi connectivity index (χ3v) is 4.75. The first-order valence-corrected chi connectivity index (χ1v) is 7.18. The Morgan fingerprint density at radius 1 is 1.21 bits per heavy atom. The zero-order chi connectivity index (χ0) is 12.8. The molecule has 4 rings (SSSR count). The van der Waals surface area contributed by atoms with Gasteiger partial charge >= 0.3 is 0 Å². The first-order chi connectivity index (χ1) is 9.35. The van der Waals surface area contributed by atoms with Gasteiger partial charge in [0.2, 0.25) is 0 Å². The highest BCUT2D eigenvalue weighted by atomic mass is 16.5. The van der Waals surface area contributed by atoms with Gasteiger partial charge in [0, 0.05) is 12.6 Å². The minimum absolute atomic E-state index is 0.795. The van der Waals surface area contributed by atoms with Crippen LogP contribution in [0.4, 0.5) is 0 Å². The van der Waals surface area contributed by atoms with Gasteiger partial charge in [-0.1, -0.05) is 18.2 Å². The lowest BCUT2D eigenvalue weighted by molar-refractivity contribution is 0.229. The third kappa shape index (κ3) is 1.74. The molecule has 0 radical (unpaired) electrons. The van der Waals surface area contributed by atoms with Gasteiger partial charge in [-0.05, 0) is 59.8 Å². The topological polar surface area (TPSA) is 12.5 Å². The van der Waals surface area contributed by atoms with Crippen molar-refractivity contribution in [3.8, 4) is 5.75 Å². The van der Waals surface area contributed by atoms with Gasteiger partial charge in [0.1, 0.15) is 5.75 Å². The average molecular weight is 253 g/mol. The van der Waals surface area contributed by atoms with Crippen molar-refractivity contribution in [3.05, 3.63) is 41.5 Å². The summed E-state index contributed by atoms with van der Waals surface area (Å²) in [6.07, 6.45) is 3.97. The van der Waals surface area contributed by atoms with Crippen LogP contribution in [-0.2, 0) is 13.0 Å². The number of methoxy groups -OCH3 is 1. The molecule has 0 spiro atoms. The smallest absolute Gasteiger partial charge is 0.119 e. The van der Waals surface area contributed by atoms with Crippen molar-refractivity contribution in [3.63, 3.8) is 0 Å². The van der Waals surface area contributed by atoms with E-state index in [0.717, 1.165) is 18.3 Å². The molecule has 0 aromatic heterocycles. The van der Waals surface area contributed by atoms with E-state index >= 15 is 0 Å². The van der Waals surface area contributed by atoms with E-state index in [0.29, 0.717) is 0 Å². The SMILES string of the molecule is COc1ccc2c3c(ccc2c1)CC1CCCN1C3. The molecule has 2 aliphatic rings. The van der Waals surface area contributed by atoms with Crippen LogP contribution in [0.15, 0.2) is 30.3 Å². The highest BCUT2D eigenvalue weighted by molar-refractivity contribution is 5.88. The molecule has 1 saturated heterocycles. The molecule has 2 aromatic rings. The van der Waals surface area contributed by atoms with Gasteiger partial charge in [0.05, 0.1) is 7.11 Å². The Bertz CT molecular complexity index is 634. The van der Waals surface area contributed by atoms with Crippen molar-refractivity contribution in [2.75, 3.05) is 13.7 Å². The van der Waals surface area contributed by atoms with E-state index in [2.05, 4.69) is 35.2 Å². The lowest BCUT2D eigenvalue weighted by Gasteiger charge is -2.32. The third-order valence-electron chi connectivity index (χ3n) is 4.75. The van der Waals surface area contributed by atoms with Gasteiger partial charge < -0.3 is 4.74 Å². The molecule has 0 amide bonds. The second kappa shape index (κ2) is 4.24. The molecule has 2 heteroatoms. The van der Waals surface area contributed by atoms with Crippen molar-refractivity contribution >= 4 is 10.8 Å². The van der Waals surface area contributed by atoms with Crippen molar-refractivity contribution in [1.82, 2.24) is 4.90 Å². The van der Waals surface area contributed by atoms with Crippen molar-refractivity contribution in [1.29, 1.82) is 0 Å². The molecule has 0 N–H and O–H groups in total. The van der Waals surface area contributed by atoms with Crippen LogP contribution in [-0.4, -0.2) is 24.6 Å². The second-order valence-electron chi connectivity index (χ2n) is 5.76. The van der Waals surface area contributed by atoms with Gasteiger partial charge in [-0.25, -0.2) is 0 Å². The van der Waals surface area contributed by atoms with E-state index in [9.17, 15) is 0 Å². The molecule has 2 nitrogen and oxygen atoms in total. The van der Waals surface area contributed by atoms with Gasteiger partial charge in [-0.15, -0.1) is 0 Å². The zero-order valence-electron chi connectivity index (χ0n) is 11.4. The van der Waals surface area contributed by atoms with E-state index in [4.69, 9.17) is 4.74 Å². The summed E-state index contributed by atoms with van der Waals surface area (Å²) in [5, 5.41) is 2.71. The molecule has 19 heavy (non-hydrogen) atoms. The summed E-state index contributed by atoms with van der Waals surface area (Å²) in [5.41, 5.74) is 3.10. The number of hydrogen-bond donors (Lipinski definition) is 0. The van der Waals surface area contributed by atoms with Crippen molar-refractivity contribution in [2.24, 2.45) is 0 Å². The molecule has 0 aliphatic carbocycles. The van der Waals surface area contributed by atoms with Gasteiger partial charge in [-0.3, -0.25) is 4.90 Å². The molecule has 2 aromatic carbocycles. The maximum atomic E-state index is 5.33. The summed E-state index contributed by atoms with van der Waals surface area (Å²) < 4.78 is 5.33. The van der Waals surface area contributed by atoms with Crippen LogP contribution in [0.3, 0.4) is 0 Å². The van der Waals surface area contributed by atoms with E-state index in [1.807, 2.05) is 0 Å². The summed E-state index contributed by atoms with van der Waals surface area (Å²) in [6.45, 7) is 2.40. The zero-order valence-corrected chi connectivity index (χ0v) is 11.4. The predicted octanol–water partition coefficient (Wildman–Crippen LogP) is 3.37. The van der Waals surface area contributed by atoms with Crippen LogP contribution in [0.2, 0.25) is 0 Å². The quantitative estimate of drug-likeness (QED) is 0.772. The Morgan fingerprint density at radius 3 is 3.05 bits per heavy atom. The van der Waals surface area contributed by atoms with Crippen LogP contribution < -0.4 is 4.74 Å². The summed E-state index contributed by atoms with van der Waals surface area (Å²) in [7, 11) is 1.73. The first kappa shape index (κ1) is 11.3. The monoisotopic (exact) mass is 253 g/mol. The van der Waals surface area contributed by atoms with Gasteiger partial charge in [0.15, 0.2) is 0 Å². The molecule has 1 atom stereocenters. The summed E-state index contributed by atoms with van der Waals surface area (Å²) in [6, 6.07) is 11.8. The Hall–Kier alpha value is -1.54. The average Bonchev–Trinajstić information content (AvgIpc) is 2.91. The lowest BCUT2D eigenvalue weighted by atomic mass is 9.90. The van der Waals surface area contributed by atoms with E-state index in [-0.39, 0.29) is 0 Å². The highest BCUT2D eigenvalue weighted by Gasteiger charge is 2.30. The largest absolute Gasteiger partial charge is 0.497 e. The minimum Gasteiger partial charge on any atom is -0.497 e. The second-order valence-corrected chi connectivity index (χ2v) is 5.76. The van der Waals surface area contributed by atoms with E-state index in [1.54, 1.807) is 18.2 Å². The minimum atomic E-state index is 0.795. The molecule has 1 fully saturated rings. The summed E-state index contributed by atoms with van der Waals surface area (Å²) in [5.74, 6) is 0.947. The van der Waals surface area contributed by atoms with Crippen molar-refractivity contribution < 1.29 is 4.74 Å².